The Morgan fingerprint density at radius 1 is 0.824 bits per heavy atom. The summed E-state index contributed by atoms with van der Waals surface area (Å²) in [5.41, 5.74) is 4.07. The third-order valence-corrected chi connectivity index (χ3v) is 7.02. The summed E-state index contributed by atoms with van der Waals surface area (Å²) < 4.78 is 0. The van der Waals surface area contributed by atoms with Crippen LogP contribution >= 0.6 is 0 Å². The second-order valence-corrected chi connectivity index (χ2v) is 9.01. The lowest BCUT2D eigenvalue weighted by atomic mass is 9.88. The van der Waals surface area contributed by atoms with Crippen LogP contribution < -0.4 is 15.1 Å². The van der Waals surface area contributed by atoms with Crippen LogP contribution in [0.2, 0.25) is 0 Å². The molecule has 3 aliphatic rings. The molecule has 34 heavy (non-hydrogen) atoms. The van der Waals surface area contributed by atoms with Gasteiger partial charge in [-0.2, -0.15) is 0 Å². The van der Waals surface area contributed by atoms with Gasteiger partial charge in [-0.3, -0.25) is 14.4 Å². The molecule has 4 atom stereocenters. The van der Waals surface area contributed by atoms with Crippen LogP contribution in [0.15, 0.2) is 84.9 Å². The molecule has 0 aromatic heterocycles. The second-order valence-electron chi connectivity index (χ2n) is 9.01. The summed E-state index contributed by atoms with van der Waals surface area (Å²) in [4.78, 5) is 44.4. The second kappa shape index (κ2) is 7.70. The molecular weight excluding hydrogens is 426 g/mol. The molecule has 1 N–H and O–H groups in total. The lowest BCUT2D eigenvalue weighted by Gasteiger charge is -2.36. The number of para-hydroxylation sites is 2. The average Bonchev–Trinajstić information content (AvgIpc) is 3.33. The summed E-state index contributed by atoms with van der Waals surface area (Å²) >= 11 is 0. The number of nitrogens with zero attached hydrogens (tertiary/aromatic N) is 2. The Morgan fingerprint density at radius 2 is 1.50 bits per heavy atom. The quantitative estimate of drug-likeness (QED) is 0.613. The largest absolute Gasteiger partial charge is 0.351 e. The van der Waals surface area contributed by atoms with E-state index in [1.165, 1.54) is 4.90 Å². The minimum absolute atomic E-state index is 0.257. The lowest BCUT2D eigenvalue weighted by molar-refractivity contribution is -0.126. The van der Waals surface area contributed by atoms with Crippen molar-refractivity contribution in [2.24, 2.45) is 11.8 Å². The number of anilines is 3. The maximum Gasteiger partial charge on any atom is 0.247 e. The van der Waals surface area contributed by atoms with Gasteiger partial charge in [-0.05, 0) is 42.8 Å². The van der Waals surface area contributed by atoms with Gasteiger partial charge in [0.1, 0.15) is 6.04 Å². The summed E-state index contributed by atoms with van der Waals surface area (Å²) in [6.07, 6.45) is 3.94. The van der Waals surface area contributed by atoms with Crippen LogP contribution in [0.5, 0.6) is 0 Å². The third-order valence-electron chi connectivity index (χ3n) is 7.02. The predicted octanol–water partition coefficient (Wildman–Crippen LogP) is 4.02. The highest BCUT2D eigenvalue weighted by Crippen LogP contribution is 2.49. The molecule has 0 unspecified atom stereocenters. The third kappa shape index (κ3) is 2.99. The average molecular weight is 450 g/mol. The highest BCUT2D eigenvalue weighted by atomic mass is 16.2. The van der Waals surface area contributed by atoms with Crippen LogP contribution in [0.25, 0.3) is 6.08 Å². The van der Waals surface area contributed by atoms with Gasteiger partial charge in [-0.1, -0.05) is 66.2 Å². The van der Waals surface area contributed by atoms with Crippen molar-refractivity contribution in [2.75, 3.05) is 15.1 Å². The predicted molar refractivity (Wildman–Crippen MR) is 131 cm³/mol. The molecule has 6 nitrogen and oxygen atoms in total. The fraction of sp³-hybridized carbons (Fsp3) is 0.179. The van der Waals surface area contributed by atoms with E-state index >= 15 is 0 Å². The Kier molecular flexibility index (Phi) is 4.62. The highest BCUT2D eigenvalue weighted by Gasteiger charge is 2.64. The van der Waals surface area contributed by atoms with E-state index in [1.54, 1.807) is 12.1 Å². The fourth-order valence-electron chi connectivity index (χ4n) is 5.50. The summed E-state index contributed by atoms with van der Waals surface area (Å²) in [7, 11) is 0. The Balaban J connectivity index is 1.44. The monoisotopic (exact) mass is 449 g/mol. The van der Waals surface area contributed by atoms with Gasteiger partial charge in [0.25, 0.3) is 0 Å². The molecular formula is C28H23N3O3. The molecule has 0 saturated carbocycles. The first-order chi connectivity index (χ1) is 16.5. The number of carbonyl (C=O) groups excluding carboxylic acids is 3. The van der Waals surface area contributed by atoms with E-state index < -0.39 is 17.9 Å². The molecule has 168 valence electrons. The number of fused-ring (bicyclic) bond motifs is 5. The number of aryl methyl sites for hydroxylation is 1. The maximum atomic E-state index is 13.8. The van der Waals surface area contributed by atoms with Crippen LogP contribution in [-0.4, -0.2) is 29.8 Å². The summed E-state index contributed by atoms with van der Waals surface area (Å²) in [5.74, 6) is -2.29. The molecule has 2 saturated heterocycles. The summed E-state index contributed by atoms with van der Waals surface area (Å²) in [5, 5.41) is 2.97. The topological polar surface area (TPSA) is 69.7 Å². The molecule has 6 rings (SSSR count). The van der Waals surface area contributed by atoms with E-state index in [2.05, 4.69) is 5.32 Å². The summed E-state index contributed by atoms with van der Waals surface area (Å²) in [6, 6.07) is 23.1. The first-order valence-corrected chi connectivity index (χ1v) is 11.4. The van der Waals surface area contributed by atoms with Gasteiger partial charge in [0, 0.05) is 11.4 Å². The van der Waals surface area contributed by atoms with E-state index in [-0.39, 0.29) is 23.8 Å². The minimum Gasteiger partial charge on any atom is -0.351 e. The molecule has 3 aromatic rings. The molecule has 3 heterocycles. The fourth-order valence-corrected chi connectivity index (χ4v) is 5.50. The summed E-state index contributed by atoms with van der Waals surface area (Å²) in [6.45, 7) is 1.96. The molecule has 0 aliphatic carbocycles. The molecule has 6 heteroatoms. The number of benzene rings is 3. The number of amides is 3. The zero-order chi connectivity index (χ0) is 23.4. The van der Waals surface area contributed by atoms with Crippen molar-refractivity contribution in [2.45, 2.75) is 19.0 Å². The van der Waals surface area contributed by atoms with Gasteiger partial charge in [-0.25, -0.2) is 4.90 Å². The molecule has 0 radical (unpaired) electrons. The van der Waals surface area contributed by atoms with Crippen molar-refractivity contribution < 1.29 is 14.4 Å². The van der Waals surface area contributed by atoms with E-state index in [0.29, 0.717) is 11.4 Å². The number of hydrogen-bond donors (Lipinski definition) is 1. The van der Waals surface area contributed by atoms with Crippen molar-refractivity contribution in [3.63, 3.8) is 0 Å². The van der Waals surface area contributed by atoms with Crippen molar-refractivity contribution in [3.05, 3.63) is 96.1 Å². The van der Waals surface area contributed by atoms with Crippen LogP contribution in [-0.2, 0) is 14.4 Å². The lowest BCUT2D eigenvalue weighted by Crippen LogP contribution is -2.50. The minimum atomic E-state index is -0.812. The van der Waals surface area contributed by atoms with Crippen molar-refractivity contribution in [1.29, 1.82) is 0 Å². The number of carbonyl (C=O) groups is 3. The number of imide groups is 1. The Hall–Kier alpha value is -4.19. The molecule has 3 aliphatic heterocycles. The Labute approximate surface area is 197 Å². The van der Waals surface area contributed by atoms with Gasteiger partial charge in [0.15, 0.2) is 0 Å². The Bertz CT molecular complexity index is 1330. The van der Waals surface area contributed by atoms with Gasteiger partial charge in [-0.15, -0.1) is 0 Å². The van der Waals surface area contributed by atoms with Gasteiger partial charge < -0.3 is 10.2 Å². The molecule has 3 aromatic carbocycles. The van der Waals surface area contributed by atoms with E-state index in [4.69, 9.17) is 0 Å². The standard InChI is InChI=1S/C28H23N3O3/c1-17-11-14-20(15-12-17)30-27(33)23-22-16-13-18-7-5-6-10-21(18)31(22)25(24(23)28(30)34)26(32)29-19-8-3-2-4-9-19/h2-16,22-25H,1H3,(H,29,32)/t22-,23-,24+,25-/m0/s1. The molecule has 2 fully saturated rings. The maximum absolute atomic E-state index is 13.8. The first kappa shape index (κ1) is 20.4. The van der Waals surface area contributed by atoms with Crippen molar-refractivity contribution in [1.82, 2.24) is 0 Å². The van der Waals surface area contributed by atoms with Gasteiger partial charge >= 0.3 is 0 Å². The van der Waals surface area contributed by atoms with E-state index in [1.807, 2.05) is 90.7 Å². The molecule has 0 spiro atoms. The normalized spacial score (nSPS) is 24.6. The van der Waals surface area contributed by atoms with E-state index in [9.17, 15) is 14.4 Å². The SMILES string of the molecule is Cc1ccc(N2C(=O)[C@@H]3[C@@H](C2=O)[C@@H]2C=Cc4ccccc4N2[C@@H]3C(=O)Nc2ccccc2)cc1. The zero-order valence-corrected chi connectivity index (χ0v) is 18.6. The zero-order valence-electron chi connectivity index (χ0n) is 18.6. The first-order valence-electron chi connectivity index (χ1n) is 11.4. The number of hydrogen-bond acceptors (Lipinski definition) is 4. The van der Waals surface area contributed by atoms with Gasteiger partial charge in [0.05, 0.1) is 23.6 Å². The van der Waals surface area contributed by atoms with Crippen LogP contribution in [0, 0.1) is 18.8 Å². The smallest absolute Gasteiger partial charge is 0.247 e. The van der Waals surface area contributed by atoms with Crippen LogP contribution in [0.3, 0.4) is 0 Å². The molecule has 3 amide bonds. The van der Waals surface area contributed by atoms with Gasteiger partial charge in [0.2, 0.25) is 17.7 Å². The van der Waals surface area contributed by atoms with Crippen molar-refractivity contribution in [3.8, 4) is 0 Å². The van der Waals surface area contributed by atoms with Crippen molar-refractivity contribution >= 4 is 40.9 Å². The highest BCUT2D eigenvalue weighted by molar-refractivity contribution is 6.25. The number of rotatable bonds is 3. The van der Waals surface area contributed by atoms with E-state index in [0.717, 1.165) is 16.8 Å². The number of nitrogens with one attached hydrogen (secondary N) is 1. The molecule has 0 bridgehead atoms. The van der Waals surface area contributed by atoms with Crippen LogP contribution in [0.1, 0.15) is 11.1 Å². The van der Waals surface area contributed by atoms with Crippen LogP contribution in [0.4, 0.5) is 17.1 Å². The Morgan fingerprint density at radius 3 is 2.26 bits per heavy atom.